The van der Waals surface area contributed by atoms with Crippen LogP contribution in [0.4, 0.5) is 0 Å². The smallest absolute Gasteiger partial charge is 0.0447 e. The highest BCUT2D eigenvalue weighted by Gasteiger charge is 2.09. The first-order chi connectivity index (χ1) is 8.83. The summed E-state index contributed by atoms with van der Waals surface area (Å²) < 4.78 is 0. The minimum Gasteiger partial charge on any atom is -0.329 e. The van der Waals surface area contributed by atoms with Gasteiger partial charge in [-0.15, -0.1) is 23.1 Å². The molecule has 0 saturated heterocycles. The molecule has 2 rings (SSSR count). The lowest BCUT2D eigenvalue weighted by atomic mass is 10.1. The molecule has 0 spiro atoms. The van der Waals surface area contributed by atoms with Crippen LogP contribution in [0.25, 0.3) is 0 Å². The van der Waals surface area contributed by atoms with Gasteiger partial charge in [-0.1, -0.05) is 18.2 Å². The third kappa shape index (κ3) is 3.59. The van der Waals surface area contributed by atoms with E-state index < -0.39 is 0 Å². The van der Waals surface area contributed by atoms with Crippen molar-refractivity contribution in [2.75, 3.05) is 12.8 Å². The largest absolute Gasteiger partial charge is 0.329 e. The van der Waals surface area contributed by atoms with Crippen LogP contribution in [0.15, 0.2) is 46.7 Å². The Hall–Kier alpha value is -0.810. The molecule has 1 heterocycles. The lowest BCUT2D eigenvalue weighted by Crippen LogP contribution is -2.27. The standard InChI is InChI=1S/C14H18N2S2/c1-17-12-6-4-11(5-7-12)14(9-15)16-10-13-3-2-8-18-13/h2-8,14,16H,9-10,15H2,1H3. The zero-order valence-electron chi connectivity index (χ0n) is 10.4. The summed E-state index contributed by atoms with van der Waals surface area (Å²) in [4.78, 5) is 2.63. The average molecular weight is 278 g/mol. The lowest BCUT2D eigenvalue weighted by Gasteiger charge is -2.17. The van der Waals surface area contributed by atoms with Gasteiger partial charge in [0, 0.05) is 28.9 Å². The van der Waals surface area contributed by atoms with Crippen LogP contribution in [0.2, 0.25) is 0 Å². The Morgan fingerprint density at radius 2 is 2.06 bits per heavy atom. The van der Waals surface area contributed by atoms with Crippen LogP contribution in [-0.2, 0) is 6.54 Å². The molecule has 0 aliphatic heterocycles. The van der Waals surface area contributed by atoms with E-state index >= 15 is 0 Å². The van der Waals surface area contributed by atoms with E-state index in [0.29, 0.717) is 6.54 Å². The molecule has 1 aromatic heterocycles. The monoisotopic (exact) mass is 278 g/mol. The van der Waals surface area contributed by atoms with E-state index in [4.69, 9.17) is 5.73 Å². The summed E-state index contributed by atoms with van der Waals surface area (Å²) in [6.07, 6.45) is 2.09. The molecule has 0 amide bonds. The molecule has 1 aromatic carbocycles. The quantitative estimate of drug-likeness (QED) is 0.797. The minimum absolute atomic E-state index is 0.225. The molecule has 2 nitrogen and oxygen atoms in total. The van der Waals surface area contributed by atoms with E-state index in [-0.39, 0.29) is 6.04 Å². The van der Waals surface area contributed by atoms with Crippen LogP contribution in [0.3, 0.4) is 0 Å². The highest BCUT2D eigenvalue weighted by Crippen LogP contribution is 2.19. The predicted molar refractivity (Wildman–Crippen MR) is 81.2 cm³/mol. The second-order valence-corrected chi connectivity index (χ2v) is 5.93. The molecule has 0 saturated carbocycles. The van der Waals surface area contributed by atoms with Gasteiger partial charge in [0.2, 0.25) is 0 Å². The second kappa shape index (κ2) is 6.95. The molecule has 0 fully saturated rings. The number of nitrogens with one attached hydrogen (secondary N) is 1. The SMILES string of the molecule is CSc1ccc(C(CN)NCc2cccs2)cc1. The number of rotatable bonds is 6. The fourth-order valence-corrected chi connectivity index (χ4v) is 2.87. The number of hydrogen-bond donors (Lipinski definition) is 2. The van der Waals surface area contributed by atoms with Gasteiger partial charge in [-0.05, 0) is 35.4 Å². The molecule has 0 radical (unpaired) electrons. The van der Waals surface area contributed by atoms with E-state index in [0.717, 1.165) is 6.54 Å². The molecule has 1 unspecified atom stereocenters. The van der Waals surface area contributed by atoms with Gasteiger partial charge in [0.25, 0.3) is 0 Å². The molecule has 0 aliphatic rings. The molecule has 18 heavy (non-hydrogen) atoms. The van der Waals surface area contributed by atoms with Gasteiger partial charge < -0.3 is 11.1 Å². The zero-order valence-corrected chi connectivity index (χ0v) is 12.1. The molecule has 4 heteroatoms. The lowest BCUT2D eigenvalue weighted by molar-refractivity contribution is 0.545. The first kappa shape index (κ1) is 13.6. The summed E-state index contributed by atoms with van der Waals surface area (Å²) in [5.41, 5.74) is 7.11. The van der Waals surface area contributed by atoms with Crippen molar-refractivity contribution in [3.63, 3.8) is 0 Å². The van der Waals surface area contributed by atoms with E-state index in [9.17, 15) is 0 Å². The molecule has 3 N–H and O–H groups in total. The molecule has 0 aliphatic carbocycles. The molecular weight excluding hydrogens is 260 g/mol. The maximum absolute atomic E-state index is 5.85. The Bertz CT molecular complexity index is 451. The van der Waals surface area contributed by atoms with Crippen LogP contribution in [-0.4, -0.2) is 12.8 Å². The Balaban J connectivity index is 1.98. The van der Waals surface area contributed by atoms with Crippen molar-refractivity contribution in [1.29, 1.82) is 0 Å². The van der Waals surface area contributed by atoms with Crippen LogP contribution < -0.4 is 11.1 Å². The van der Waals surface area contributed by atoms with Gasteiger partial charge in [0.1, 0.15) is 0 Å². The number of hydrogen-bond acceptors (Lipinski definition) is 4. The Kier molecular flexibility index (Phi) is 5.26. The maximum Gasteiger partial charge on any atom is 0.0447 e. The minimum atomic E-state index is 0.225. The fourth-order valence-electron chi connectivity index (χ4n) is 1.81. The van der Waals surface area contributed by atoms with E-state index in [1.807, 2.05) is 0 Å². The van der Waals surface area contributed by atoms with Gasteiger partial charge >= 0.3 is 0 Å². The van der Waals surface area contributed by atoms with E-state index in [1.165, 1.54) is 15.3 Å². The van der Waals surface area contributed by atoms with Crippen molar-refractivity contribution >= 4 is 23.1 Å². The van der Waals surface area contributed by atoms with Gasteiger partial charge in [0.05, 0.1) is 0 Å². The molecule has 0 bridgehead atoms. The van der Waals surface area contributed by atoms with Crippen molar-refractivity contribution in [3.05, 3.63) is 52.2 Å². The van der Waals surface area contributed by atoms with Crippen LogP contribution in [0.5, 0.6) is 0 Å². The van der Waals surface area contributed by atoms with Gasteiger partial charge in [-0.2, -0.15) is 0 Å². The Morgan fingerprint density at radius 3 is 2.61 bits per heavy atom. The summed E-state index contributed by atoms with van der Waals surface area (Å²) >= 11 is 3.53. The van der Waals surface area contributed by atoms with Gasteiger partial charge in [-0.25, -0.2) is 0 Å². The van der Waals surface area contributed by atoms with Gasteiger partial charge in [0.15, 0.2) is 0 Å². The average Bonchev–Trinajstić information content (AvgIpc) is 2.93. The summed E-state index contributed by atoms with van der Waals surface area (Å²) in [6, 6.07) is 13.1. The number of thioether (sulfide) groups is 1. The predicted octanol–water partition coefficient (Wildman–Crippen LogP) is 3.26. The Morgan fingerprint density at radius 1 is 1.28 bits per heavy atom. The van der Waals surface area contributed by atoms with Crippen LogP contribution in [0, 0.1) is 0 Å². The second-order valence-electron chi connectivity index (χ2n) is 4.02. The third-order valence-electron chi connectivity index (χ3n) is 2.86. The van der Waals surface area contributed by atoms with Gasteiger partial charge in [-0.3, -0.25) is 0 Å². The van der Waals surface area contributed by atoms with Crippen molar-refractivity contribution in [2.24, 2.45) is 5.73 Å². The summed E-state index contributed by atoms with van der Waals surface area (Å²) in [5.74, 6) is 0. The van der Waals surface area contributed by atoms with E-state index in [2.05, 4.69) is 53.4 Å². The molecular formula is C14H18N2S2. The normalized spacial score (nSPS) is 12.6. The fraction of sp³-hybridized carbons (Fsp3) is 0.286. The number of thiophene rings is 1. The summed E-state index contributed by atoms with van der Waals surface area (Å²) in [6.45, 7) is 1.49. The third-order valence-corrected chi connectivity index (χ3v) is 4.48. The molecule has 1 atom stereocenters. The van der Waals surface area contributed by atoms with Crippen LogP contribution >= 0.6 is 23.1 Å². The van der Waals surface area contributed by atoms with E-state index in [1.54, 1.807) is 23.1 Å². The van der Waals surface area contributed by atoms with Crippen molar-refractivity contribution in [2.45, 2.75) is 17.5 Å². The maximum atomic E-state index is 5.85. The van der Waals surface area contributed by atoms with Crippen LogP contribution in [0.1, 0.15) is 16.5 Å². The van der Waals surface area contributed by atoms with Crippen molar-refractivity contribution in [1.82, 2.24) is 5.32 Å². The summed E-state index contributed by atoms with van der Waals surface area (Å²) in [5, 5.41) is 5.60. The topological polar surface area (TPSA) is 38.0 Å². The molecule has 2 aromatic rings. The first-order valence-electron chi connectivity index (χ1n) is 5.93. The molecule has 96 valence electrons. The highest BCUT2D eigenvalue weighted by molar-refractivity contribution is 7.98. The van der Waals surface area contributed by atoms with Crippen molar-refractivity contribution in [3.8, 4) is 0 Å². The number of nitrogens with two attached hydrogens (primary N) is 1. The van der Waals surface area contributed by atoms with Crippen molar-refractivity contribution < 1.29 is 0 Å². The zero-order chi connectivity index (χ0) is 12.8. The highest BCUT2D eigenvalue weighted by atomic mass is 32.2. The Labute approximate surface area is 117 Å². The first-order valence-corrected chi connectivity index (χ1v) is 8.03. The number of benzene rings is 1. The summed E-state index contributed by atoms with van der Waals surface area (Å²) in [7, 11) is 0.